The van der Waals surface area contributed by atoms with Gasteiger partial charge in [0.15, 0.2) is 0 Å². The highest BCUT2D eigenvalue weighted by molar-refractivity contribution is 7.89. The fourth-order valence-electron chi connectivity index (χ4n) is 1.48. The van der Waals surface area contributed by atoms with Gasteiger partial charge in [-0.2, -0.15) is 9.57 Å². The molecule has 0 N–H and O–H groups in total. The number of ether oxygens (including phenoxy) is 2. The van der Waals surface area contributed by atoms with Gasteiger partial charge in [-0.25, -0.2) is 8.42 Å². The molecule has 0 unspecified atom stereocenters. The van der Waals surface area contributed by atoms with Crippen LogP contribution in [0.25, 0.3) is 0 Å². The Bertz CT molecular complexity index is 621. The van der Waals surface area contributed by atoms with Crippen molar-refractivity contribution in [3.8, 4) is 11.8 Å². The number of carbonyl (C=O) groups excluding carboxylic acids is 1. The predicted molar refractivity (Wildman–Crippen MR) is 69.4 cm³/mol. The molecule has 7 nitrogen and oxygen atoms in total. The van der Waals surface area contributed by atoms with Crippen molar-refractivity contribution >= 4 is 16.0 Å². The van der Waals surface area contributed by atoms with Gasteiger partial charge in [-0.15, -0.1) is 0 Å². The van der Waals surface area contributed by atoms with Crippen LogP contribution in [0.5, 0.6) is 5.75 Å². The number of hydrogen-bond donors (Lipinski definition) is 0. The normalized spacial score (nSPS) is 10.9. The lowest BCUT2D eigenvalue weighted by molar-refractivity contribution is -0.140. The molecule has 20 heavy (non-hydrogen) atoms. The maximum Gasteiger partial charge on any atom is 0.321 e. The minimum atomic E-state index is -4.03. The van der Waals surface area contributed by atoms with E-state index in [1.54, 1.807) is 12.1 Å². The summed E-state index contributed by atoms with van der Waals surface area (Å²) in [4.78, 5) is 11.2. The fourth-order valence-corrected chi connectivity index (χ4v) is 2.92. The van der Waals surface area contributed by atoms with Gasteiger partial charge >= 0.3 is 5.97 Å². The van der Waals surface area contributed by atoms with E-state index in [9.17, 15) is 13.2 Å². The Morgan fingerprint density at radius 1 is 1.35 bits per heavy atom. The number of esters is 1. The zero-order chi connectivity index (χ0) is 15.2. The maximum absolute atomic E-state index is 12.4. The van der Waals surface area contributed by atoms with E-state index in [0.29, 0.717) is 0 Å². The summed E-state index contributed by atoms with van der Waals surface area (Å²) >= 11 is 0. The maximum atomic E-state index is 12.4. The third-order valence-electron chi connectivity index (χ3n) is 2.47. The molecule has 0 aliphatic rings. The highest BCUT2D eigenvalue weighted by Gasteiger charge is 2.29. The second-order valence-corrected chi connectivity index (χ2v) is 5.56. The average molecular weight is 298 g/mol. The summed E-state index contributed by atoms with van der Waals surface area (Å²) in [5, 5.41) is 8.72. The summed E-state index contributed by atoms with van der Waals surface area (Å²) in [6.07, 6.45) is 0. The highest BCUT2D eigenvalue weighted by atomic mass is 32.2. The number of carbonyl (C=O) groups is 1. The Labute approximate surface area is 117 Å². The Morgan fingerprint density at radius 3 is 2.55 bits per heavy atom. The number of hydrogen-bond acceptors (Lipinski definition) is 6. The standard InChI is InChI=1S/C12H14N2O5S/c1-18-10-5-3-4-6-11(10)20(16,17)14(8-7-13)9-12(15)19-2/h3-6H,8-9H2,1-2H3. The van der Waals surface area contributed by atoms with Crippen LogP contribution >= 0.6 is 0 Å². The SMILES string of the molecule is COC(=O)CN(CC#N)S(=O)(=O)c1ccccc1OC. The summed E-state index contributed by atoms with van der Waals surface area (Å²) in [5.41, 5.74) is 0. The summed E-state index contributed by atoms with van der Waals surface area (Å²) in [5.74, 6) is -0.612. The van der Waals surface area contributed by atoms with E-state index in [4.69, 9.17) is 10.00 Å². The molecule has 1 aromatic carbocycles. The van der Waals surface area contributed by atoms with E-state index >= 15 is 0 Å². The molecule has 0 atom stereocenters. The molecule has 0 radical (unpaired) electrons. The van der Waals surface area contributed by atoms with Crippen LogP contribution in [0, 0.1) is 11.3 Å². The van der Waals surface area contributed by atoms with Crippen LogP contribution in [0.1, 0.15) is 0 Å². The zero-order valence-corrected chi connectivity index (χ0v) is 11.9. The Morgan fingerprint density at radius 2 is 2.00 bits per heavy atom. The first kappa shape index (κ1) is 15.9. The quantitative estimate of drug-likeness (QED) is 0.556. The van der Waals surface area contributed by atoms with Crippen LogP contribution in [0.2, 0.25) is 0 Å². The second kappa shape index (κ2) is 6.88. The number of nitriles is 1. The molecule has 0 bridgehead atoms. The van der Waals surface area contributed by atoms with E-state index < -0.39 is 29.1 Å². The van der Waals surface area contributed by atoms with Crippen LogP contribution < -0.4 is 4.74 Å². The van der Waals surface area contributed by atoms with Gasteiger partial charge in [0.1, 0.15) is 23.7 Å². The molecule has 1 rings (SSSR count). The summed E-state index contributed by atoms with van der Waals surface area (Å²) in [6, 6.07) is 7.68. The molecule has 0 aliphatic heterocycles. The van der Waals surface area contributed by atoms with Gasteiger partial charge in [0.2, 0.25) is 10.0 Å². The number of sulfonamides is 1. The van der Waals surface area contributed by atoms with E-state index in [0.717, 1.165) is 11.4 Å². The molecule has 0 saturated carbocycles. The molecule has 0 heterocycles. The number of rotatable bonds is 6. The van der Waals surface area contributed by atoms with Crippen LogP contribution in [0.4, 0.5) is 0 Å². The van der Waals surface area contributed by atoms with Crippen molar-refractivity contribution in [2.24, 2.45) is 0 Å². The average Bonchev–Trinajstić information content (AvgIpc) is 2.46. The topological polar surface area (TPSA) is 96.7 Å². The van der Waals surface area contributed by atoms with Gasteiger partial charge in [0.25, 0.3) is 0 Å². The van der Waals surface area contributed by atoms with Crippen molar-refractivity contribution in [2.45, 2.75) is 4.90 Å². The van der Waals surface area contributed by atoms with Gasteiger partial charge in [-0.1, -0.05) is 12.1 Å². The lowest BCUT2D eigenvalue weighted by Gasteiger charge is -2.19. The van der Waals surface area contributed by atoms with Crippen LogP contribution in [0.15, 0.2) is 29.2 Å². The number of para-hydroxylation sites is 1. The van der Waals surface area contributed by atoms with Crippen LogP contribution in [-0.4, -0.2) is 46.0 Å². The molecule has 0 fully saturated rings. The van der Waals surface area contributed by atoms with Crippen molar-refractivity contribution in [3.63, 3.8) is 0 Å². The van der Waals surface area contributed by atoms with Crippen molar-refractivity contribution < 1.29 is 22.7 Å². The van der Waals surface area contributed by atoms with Crippen molar-refractivity contribution in [1.82, 2.24) is 4.31 Å². The Kier molecular flexibility index (Phi) is 5.49. The second-order valence-electron chi connectivity index (χ2n) is 3.66. The van der Waals surface area contributed by atoms with Gasteiger partial charge in [-0.3, -0.25) is 4.79 Å². The lowest BCUT2D eigenvalue weighted by atomic mass is 10.3. The first-order valence-corrected chi connectivity index (χ1v) is 6.98. The molecule has 108 valence electrons. The molecule has 1 aromatic rings. The molecule has 0 amide bonds. The number of methoxy groups -OCH3 is 2. The van der Waals surface area contributed by atoms with Crippen LogP contribution in [-0.2, 0) is 19.6 Å². The lowest BCUT2D eigenvalue weighted by Crippen LogP contribution is -2.36. The number of benzene rings is 1. The summed E-state index contributed by atoms with van der Waals surface area (Å²) in [7, 11) is -1.55. The van der Waals surface area contributed by atoms with E-state index in [2.05, 4.69) is 4.74 Å². The minimum Gasteiger partial charge on any atom is -0.495 e. The fraction of sp³-hybridized carbons (Fsp3) is 0.333. The first-order chi connectivity index (χ1) is 9.47. The van der Waals surface area contributed by atoms with Gasteiger partial charge in [0.05, 0.1) is 20.3 Å². The van der Waals surface area contributed by atoms with Crippen molar-refractivity contribution in [1.29, 1.82) is 5.26 Å². The zero-order valence-electron chi connectivity index (χ0n) is 11.1. The van der Waals surface area contributed by atoms with E-state index in [1.165, 1.54) is 25.3 Å². The molecule has 0 aliphatic carbocycles. The summed E-state index contributed by atoms with van der Waals surface area (Å²) in [6.45, 7) is -1.00. The smallest absolute Gasteiger partial charge is 0.321 e. The van der Waals surface area contributed by atoms with Crippen molar-refractivity contribution in [2.75, 3.05) is 27.3 Å². The first-order valence-electron chi connectivity index (χ1n) is 5.54. The molecule has 8 heteroatoms. The molecular weight excluding hydrogens is 284 g/mol. The van der Waals surface area contributed by atoms with Crippen molar-refractivity contribution in [3.05, 3.63) is 24.3 Å². The Hall–Kier alpha value is -2.11. The third-order valence-corrected chi connectivity index (χ3v) is 4.30. The predicted octanol–water partition coefficient (Wildman–Crippen LogP) is 0.382. The van der Waals surface area contributed by atoms with E-state index in [-0.39, 0.29) is 10.6 Å². The largest absolute Gasteiger partial charge is 0.495 e. The summed E-state index contributed by atoms with van der Waals surface area (Å²) < 4.78 is 35.0. The minimum absolute atomic E-state index is 0.110. The monoisotopic (exact) mass is 298 g/mol. The van der Waals surface area contributed by atoms with Gasteiger partial charge in [-0.05, 0) is 12.1 Å². The molecular formula is C12H14N2O5S. The third kappa shape index (κ3) is 3.46. The molecule has 0 saturated heterocycles. The Balaban J connectivity index is 3.23. The highest BCUT2D eigenvalue weighted by Crippen LogP contribution is 2.25. The van der Waals surface area contributed by atoms with Gasteiger partial charge in [0, 0.05) is 0 Å². The number of nitrogens with zero attached hydrogens (tertiary/aromatic N) is 2. The van der Waals surface area contributed by atoms with Gasteiger partial charge < -0.3 is 9.47 Å². The van der Waals surface area contributed by atoms with Crippen LogP contribution in [0.3, 0.4) is 0 Å². The molecule has 0 aromatic heterocycles. The van der Waals surface area contributed by atoms with E-state index in [1.807, 2.05) is 0 Å². The molecule has 0 spiro atoms.